The van der Waals surface area contributed by atoms with Gasteiger partial charge in [-0.2, -0.15) is 5.10 Å². The van der Waals surface area contributed by atoms with Crippen LogP contribution < -0.4 is 15.5 Å². The van der Waals surface area contributed by atoms with E-state index in [1.807, 2.05) is 0 Å². The smallest absolute Gasteiger partial charge is 0.252 e. The Balaban J connectivity index is 1.90. The highest BCUT2D eigenvalue weighted by Gasteiger charge is 2.21. The van der Waals surface area contributed by atoms with Crippen LogP contribution in [0.1, 0.15) is 12.5 Å². The van der Waals surface area contributed by atoms with Crippen LogP contribution in [0.4, 0.5) is 5.69 Å². The van der Waals surface area contributed by atoms with Gasteiger partial charge in [-0.3, -0.25) is 9.59 Å². The SMILES string of the molecule is COc1ccc(NC(=O)C(C)C(=O)NN=Cc2ccccc2Cl)cc1. The largest absolute Gasteiger partial charge is 0.497 e. The van der Waals surface area contributed by atoms with Crippen molar-refractivity contribution in [2.24, 2.45) is 11.0 Å². The standard InChI is InChI=1S/C18H18ClN3O3/c1-12(17(23)21-14-7-9-15(25-2)10-8-14)18(24)22-20-11-13-5-3-4-6-16(13)19/h3-12H,1-2H3,(H,21,23)(H,22,24). The number of amides is 2. The van der Waals surface area contributed by atoms with Crippen LogP contribution in [0.2, 0.25) is 5.02 Å². The van der Waals surface area contributed by atoms with Crippen LogP contribution in [0.5, 0.6) is 5.75 Å². The lowest BCUT2D eigenvalue weighted by atomic mass is 10.1. The summed E-state index contributed by atoms with van der Waals surface area (Å²) in [7, 11) is 1.56. The van der Waals surface area contributed by atoms with Crippen LogP contribution in [0.15, 0.2) is 53.6 Å². The summed E-state index contributed by atoms with van der Waals surface area (Å²) in [5.74, 6) is -1.19. The van der Waals surface area contributed by atoms with Crippen molar-refractivity contribution < 1.29 is 14.3 Å². The average Bonchev–Trinajstić information content (AvgIpc) is 2.63. The fraction of sp³-hybridized carbons (Fsp3) is 0.167. The van der Waals surface area contributed by atoms with E-state index in [0.717, 1.165) is 0 Å². The molecule has 1 unspecified atom stereocenters. The molecule has 0 heterocycles. The molecule has 0 aliphatic rings. The van der Waals surface area contributed by atoms with Crippen LogP contribution in [0.3, 0.4) is 0 Å². The predicted molar refractivity (Wildman–Crippen MR) is 98.0 cm³/mol. The van der Waals surface area contributed by atoms with E-state index in [4.69, 9.17) is 16.3 Å². The normalized spacial score (nSPS) is 11.8. The van der Waals surface area contributed by atoms with E-state index in [0.29, 0.717) is 22.0 Å². The maximum atomic E-state index is 12.1. The summed E-state index contributed by atoms with van der Waals surface area (Å²) >= 11 is 5.99. The highest BCUT2D eigenvalue weighted by atomic mass is 35.5. The first-order valence-corrected chi connectivity index (χ1v) is 7.91. The lowest BCUT2D eigenvalue weighted by Gasteiger charge is -2.11. The van der Waals surface area contributed by atoms with Crippen LogP contribution in [0.25, 0.3) is 0 Å². The number of nitrogens with zero attached hydrogens (tertiary/aromatic N) is 1. The Morgan fingerprint density at radius 3 is 2.44 bits per heavy atom. The molecular formula is C18H18ClN3O3. The quantitative estimate of drug-likeness (QED) is 0.472. The number of hydrazone groups is 1. The number of hydrogen-bond donors (Lipinski definition) is 2. The Hall–Kier alpha value is -2.86. The van der Waals surface area contributed by atoms with Crippen LogP contribution in [0, 0.1) is 5.92 Å². The van der Waals surface area contributed by atoms with Crippen molar-refractivity contribution in [1.29, 1.82) is 0 Å². The van der Waals surface area contributed by atoms with Gasteiger partial charge in [-0.25, -0.2) is 5.43 Å². The van der Waals surface area contributed by atoms with Crippen LogP contribution in [-0.2, 0) is 9.59 Å². The molecule has 6 nitrogen and oxygen atoms in total. The molecule has 2 aromatic carbocycles. The second-order valence-electron chi connectivity index (χ2n) is 5.20. The maximum Gasteiger partial charge on any atom is 0.252 e. The summed E-state index contributed by atoms with van der Waals surface area (Å²) in [6, 6.07) is 13.9. The van der Waals surface area contributed by atoms with Gasteiger partial charge in [-0.1, -0.05) is 29.8 Å². The highest BCUT2D eigenvalue weighted by molar-refractivity contribution is 6.33. The fourth-order valence-corrected chi connectivity index (χ4v) is 2.07. The predicted octanol–water partition coefficient (Wildman–Crippen LogP) is 3.07. The molecule has 0 saturated heterocycles. The molecule has 0 aliphatic heterocycles. The Morgan fingerprint density at radius 2 is 1.80 bits per heavy atom. The molecule has 2 amide bonds. The van der Waals surface area contributed by atoms with Crippen molar-refractivity contribution in [2.45, 2.75) is 6.92 Å². The van der Waals surface area contributed by atoms with E-state index < -0.39 is 17.7 Å². The zero-order valence-electron chi connectivity index (χ0n) is 13.8. The lowest BCUT2D eigenvalue weighted by Crippen LogP contribution is -2.34. The maximum absolute atomic E-state index is 12.1. The molecule has 0 aromatic heterocycles. The van der Waals surface area contributed by atoms with E-state index in [9.17, 15) is 9.59 Å². The number of nitrogens with one attached hydrogen (secondary N) is 2. The molecule has 0 aliphatic carbocycles. The highest BCUT2D eigenvalue weighted by Crippen LogP contribution is 2.16. The van der Waals surface area contributed by atoms with Gasteiger partial charge in [0.25, 0.3) is 5.91 Å². The number of methoxy groups -OCH3 is 1. The van der Waals surface area contributed by atoms with Crippen LogP contribution >= 0.6 is 11.6 Å². The van der Waals surface area contributed by atoms with Gasteiger partial charge in [0, 0.05) is 16.3 Å². The van der Waals surface area contributed by atoms with Gasteiger partial charge >= 0.3 is 0 Å². The number of carbonyl (C=O) groups is 2. The Morgan fingerprint density at radius 1 is 1.12 bits per heavy atom. The summed E-state index contributed by atoms with van der Waals surface area (Å²) < 4.78 is 5.05. The summed E-state index contributed by atoms with van der Waals surface area (Å²) in [6.45, 7) is 1.50. The second kappa shape index (κ2) is 8.84. The third-order valence-corrected chi connectivity index (χ3v) is 3.77. The van der Waals surface area contributed by atoms with E-state index >= 15 is 0 Å². The number of anilines is 1. The minimum atomic E-state index is -0.912. The van der Waals surface area contributed by atoms with Crippen molar-refractivity contribution in [2.75, 3.05) is 12.4 Å². The van der Waals surface area contributed by atoms with Gasteiger partial charge in [0.1, 0.15) is 11.7 Å². The molecule has 2 aromatic rings. The summed E-state index contributed by atoms with van der Waals surface area (Å²) in [5, 5.41) is 7.01. The zero-order valence-corrected chi connectivity index (χ0v) is 14.6. The topological polar surface area (TPSA) is 79.8 Å². The molecular weight excluding hydrogens is 342 g/mol. The zero-order chi connectivity index (χ0) is 18.2. The van der Waals surface area contributed by atoms with Gasteiger partial charge in [-0.15, -0.1) is 0 Å². The molecule has 1 atom stereocenters. The molecule has 2 N–H and O–H groups in total. The summed E-state index contributed by atoms with van der Waals surface area (Å²) in [5.41, 5.74) is 3.57. The minimum Gasteiger partial charge on any atom is -0.497 e. The molecule has 7 heteroatoms. The minimum absolute atomic E-state index is 0.435. The van der Waals surface area contributed by atoms with Gasteiger partial charge in [-0.05, 0) is 37.3 Å². The van der Waals surface area contributed by atoms with Gasteiger partial charge < -0.3 is 10.1 Å². The van der Waals surface area contributed by atoms with E-state index in [-0.39, 0.29) is 0 Å². The third kappa shape index (κ3) is 5.32. The van der Waals surface area contributed by atoms with Gasteiger partial charge in [0.2, 0.25) is 5.91 Å². The number of carbonyl (C=O) groups excluding carboxylic acids is 2. The first kappa shape index (κ1) is 18.5. The van der Waals surface area contributed by atoms with Gasteiger partial charge in [0.05, 0.1) is 13.3 Å². The number of rotatable bonds is 6. The number of ether oxygens (including phenoxy) is 1. The molecule has 0 saturated carbocycles. The van der Waals surface area contributed by atoms with Crippen molar-refractivity contribution in [3.8, 4) is 5.75 Å². The first-order chi connectivity index (χ1) is 12.0. The summed E-state index contributed by atoms with van der Waals surface area (Å²) in [6.07, 6.45) is 1.42. The molecule has 0 bridgehead atoms. The monoisotopic (exact) mass is 359 g/mol. The van der Waals surface area contributed by atoms with E-state index in [1.54, 1.807) is 55.6 Å². The number of hydrogen-bond acceptors (Lipinski definition) is 4. The molecule has 25 heavy (non-hydrogen) atoms. The third-order valence-electron chi connectivity index (χ3n) is 3.43. The molecule has 0 radical (unpaired) electrons. The Bertz CT molecular complexity index is 775. The van der Waals surface area contributed by atoms with Crippen LogP contribution in [-0.4, -0.2) is 25.1 Å². The molecule has 130 valence electrons. The molecule has 0 fully saturated rings. The van der Waals surface area contributed by atoms with E-state index in [1.165, 1.54) is 13.1 Å². The van der Waals surface area contributed by atoms with Gasteiger partial charge in [0.15, 0.2) is 0 Å². The number of halogens is 1. The second-order valence-corrected chi connectivity index (χ2v) is 5.60. The lowest BCUT2D eigenvalue weighted by molar-refractivity contribution is -0.131. The number of benzene rings is 2. The van der Waals surface area contributed by atoms with E-state index in [2.05, 4.69) is 15.8 Å². The molecule has 0 spiro atoms. The molecule has 2 rings (SSSR count). The van der Waals surface area contributed by atoms with Crippen molar-refractivity contribution in [1.82, 2.24) is 5.43 Å². The van der Waals surface area contributed by atoms with Crippen molar-refractivity contribution in [3.05, 3.63) is 59.1 Å². The Labute approximate surface area is 150 Å². The van der Waals surface area contributed by atoms with Crippen molar-refractivity contribution >= 4 is 35.3 Å². The van der Waals surface area contributed by atoms with Crippen molar-refractivity contribution in [3.63, 3.8) is 0 Å². The first-order valence-electron chi connectivity index (χ1n) is 7.53. The average molecular weight is 360 g/mol. The summed E-state index contributed by atoms with van der Waals surface area (Å²) in [4.78, 5) is 24.1. The fourth-order valence-electron chi connectivity index (χ4n) is 1.89. The Kier molecular flexibility index (Phi) is 6.54.